The maximum Gasteiger partial charge on any atom is 0.118 e. The highest BCUT2D eigenvalue weighted by Crippen LogP contribution is 2.12. The SMILES string of the molecule is CCCC(=N)N(C)Cc1ccc(OC)cc1. The van der Waals surface area contributed by atoms with Crippen LogP contribution in [0.5, 0.6) is 5.75 Å². The Balaban J connectivity index is 2.55. The van der Waals surface area contributed by atoms with Crippen molar-refractivity contribution in [1.29, 1.82) is 5.41 Å². The average molecular weight is 220 g/mol. The molecule has 0 aliphatic carbocycles. The van der Waals surface area contributed by atoms with E-state index in [1.54, 1.807) is 7.11 Å². The van der Waals surface area contributed by atoms with E-state index in [-0.39, 0.29) is 0 Å². The van der Waals surface area contributed by atoms with Crippen LogP contribution in [-0.2, 0) is 6.54 Å². The van der Waals surface area contributed by atoms with E-state index in [2.05, 4.69) is 6.92 Å². The molecule has 88 valence electrons. The minimum atomic E-state index is 0.693. The molecule has 1 aromatic rings. The van der Waals surface area contributed by atoms with Gasteiger partial charge in [-0.1, -0.05) is 19.1 Å². The van der Waals surface area contributed by atoms with Gasteiger partial charge >= 0.3 is 0 Å². The van der Waals surface area contributed by atoms with E-state index < -0.39 is 0 Å². The van der Waals surface area contributed by atoms with Crippen LogP contribution in [0.15, 0.2) is 24.3 Å². The number of hydrogen-bond donors (Lipinski definition) is 1. The van der Waals surface area contributed by atoms with Crippen LogP contribution in [0.4, 0.5) is 0 Å². The van der Waals surface area contributed by atoms with Gasteiger partial charge in [-0.25, -0.2) is 0 Å². The fraction of sp³-hybridized carbons (Fsp3) is 0.462. The van der Waals surface area contributed by atoms with Crippen molar-refractivity contribution < 1.29 is 4.74 Å². The summed E-state index contributed by atoms with van der Waals surface area (Å²) in [7, 11) is 3.63. The molecule has 1 N–H and O–H groups in total. The second-order valence-corrected chi connectivity index (χ2v) is 3.90. The summed E-state index contributed by atoms with van der Waals surface area (Å²) in [6, 6.07) is 7.97. The van der Waals surface area contributed by atoms with E-state index in [1.165, 1.54) is 5.56 Å². The van der Waals surface area contributed by atoms with Gasteiger partial charge in [-0.05, 0) is 24.1 Å². The molecule has 0 bridgehead atoms. The number of hydrogen-bond acceptors (Lipinski definition) is 2. The Bertz CT molecular complexity index is 332. The van der Waals surface area contributed by atoms with Gasteiger partial charge in [0.25, 0.3) is 0 Å². The molecule has 3 nitrogen and oxygen atoms in total. The van der Waals surface area contributed by atoms with Crippen molar-refractivity contribution in [2.75, 3.05) is 14.2 Å². The minimum absolute atomic E-state index is 0.693. The quantitative estimate of drug-likeness (QED) is 0.612. The van der Waals surface area contributed by atoms with E-state index in [0.717, 1.165) is 25.1 Å². The number of ether oxygens (including phenoxy) is 1. The van der Waals surface area contributed by atoms with Crippen LogP contribution in [0, 0.1) is 5.41 Å². The second-order valence-electron chi connectivity index (χ2n) is 3.90. The summed E-state index contributed by atoms with van der Waals surface area (Å²) in [5, 5.41) is 7.82. The number of benzene rings is 1. The zero-order valence-corrected chi connectivity index (χ0v) is 10.3. The summed E-state index contributed by atoms with van der Waals surface area (Å²) in [4.78, 5) is 1.98. The van der Waals surface area contributed by atoms with Crippen molar-refractivity contribution in [3.8, 4) is 5.75 Å². The maximum absolute atomic E-state index is 7.82. The summed E-state index contributed by atoms with van der Waals surface area (Å²) in [6.45, 7) is 2.87. The molecule has 16 heavy (non-hydrogen) atoms. The highest BCUT2D eigenvalue weighted by atomic mass is 16.5. The number of nitrogens with one attached hydrogen (secondary N) is 1. The summed E-state index contributed by atoms with van der Waals surface area (Å²) in [5.74, 6) is 1.56. The first-order valence-electron chi connectivity index (χ1n) is 5.59. The van der Waals surface area contributed by atoms with Crippen molar-refractivity contribution in [2.45, 2.75) is 26.3 Å². The highest BCUT2D eigenvalue weighted by Gasteiger charge is 2.04. The van der Waals surface area contributed by atoms with Gasteiger partial charge in [0.1, 0.15) is 5.75 Å². The second kappa shape index (κ2) is 6.16. The van der Waals surface area contributed by atoms with Crippen molar-refractivity contribution >= 4 is 5.84 Å². The first-order valence-corrected chi connectivity index (χ1v) is 5.59. The van der Waals surface area contributed by atoms with Crippen LogP contribution in [-0.4, -0.2) is 24.9 Å². The number of rotatable bonds is 5. The molecule has 0 aliphatic rings. The average Bonchev–Trinajstić information content (AvgIpc) is 2.30. The molecule has 0 radical (unpaired) electrons. The topological polar surface area (TPSA) is 36.3 Å². The molecule has 0 saturated heterocycles. The van der Waals surface area contributed by atoms with E-state index in [4.69, 9.17) is 10.1 Å². The van der Waals surface area contributed by atoms with Crippen molar-refractivity contribution in [3.63, 3.8) is 0 Å². The van der Waals surface area contributed by atoms with Gasteiger partial charge in [0.15, 0.2) is 0 Å². The Hall–Kier alpha value is -1.51. The predicted octanol–water partition coefficient (Wildman–Crippen LogP) is 2.90. The summed E-state index contributed by atoms with van der Waals surface area (Å²) < 4.78 is 5.10. The smallest absolute Gasteiger partial charge is 0.118 e. The molecule has 0 spiro atoms. The van der Waals surface area contributed by atoms with Crippen LogP contribution in [0.2, 0.25) is 0 Å². The maximum atomic E-state index is 7.82. The lowest BCUT2D eigenvalue weighted by Crippen LogP contribution is -2.24. The molecule has 0 heterocycles. The molecule has 0 aliphatic heterocycles. The molecule has 1 rings (SSSR count). The Morgan fingerprint density at radius 1 is 1.31 bits per heavy atom. The third kappa shape index (κ3) is 3.57. The molecule has 0 amide bonds. The third-order valence-corrected chi connectivity index (χ3v) is 2.53. The van der Waals surface area contributed by atoms with Gasteiger partial charge in [0, 0.05) is 20.0 Å². The lowest BCUT2D eigenvalue weighted by Gasteiger charge is -2.19. The van der Waals surface area contributed by atoms with E-state index in [9.17, 15) is 0 Å². The highest BCUT2D eigenvalue weighted by molar-refractivity contribution is 5.78. The van der Waals surface area contributed by atoms with Gasteiger partial charge in [-0.15, -0.1) is 0 Å². The fourth-order valence-electron chi connectivity index (χ4n) is 1.53. The van der Waals surface area contributed by atoms with Gasteiger partial charge < -0.3 is 9.64 Å². The van der Waals surface area contributed by atoms with Gasteiger partial charge in [0.2, 0.25) is 0 Å². The normalized spacial score (nSPS) is 9.94. The number of nitrogens with zero attached hydrogens (tertiary/aromatic N) is 1. The van der Waals surface area contributed by atoms with Crippen molar-refractivity contribution in [2.24, 2.45) is 0 Å². The predicted molar refractivity (Wildman–Crippen MR) is 67.1 cm³/mol. The van der Waals surface area contributed by atoms with Crippen molar-refractivity contribution in [3.05, 3.63) is 29.8 Å². The summed E-state index contributed by atoms with van der Waals surface area (Å²) in [6.07, 6.45) is 1.86. The molecule has 0 unspecified atom stereocenters. The van der Waals surface area contributed by atoms with E-state index in [1.807, 2.05) is 36.2 Å². The number of methoxy groups -OCH3 is 1. The first-order chi connectivity index (χ1) is 7.67. The Kier molecular flexibility index (Phi) is 4.83. The fourth-order valence-corrected chi connectivity index (χ4v) is 1.53. The molecular formula is C13H20N2O. The van der Waals surface area contributed by atoms with Crippen LogP contribution in [0.25, 0.3) is 0 Å². The molecule has 1 aromatic carbocycles. The van der Waals surface area contributed by atoms with Crippen LogP contribution in [0.3, 0.4) is 0 Å². The lowest BCUT2D eigenvalue weighted by molar-refractivity contribution is 0.414. The summed E-state index contributed by atoms with van der Waals surface area (Å²) >= 11 is 0. The molecule has 0 aromatic heterocycles. The van der Waals surface area contributed by atoms with Crippen LogP contribution in [0.1, 0.15) is 25.3 Å². The zero-order chi connectivity index (χ0) is 12.0. The lowest BCUT2D eigenvalue weighted by atomic mass is 10.2. The third-order valence-electron chi connectivity index (χ3n) is 2.53. The Labute approximate surface area is 97.5 Å². The molecule has 0 atom stereocenters. The van der Waals surface area contributed by atoms with E-state index in [0.29, 0.717) is 5.84 Å². The van der Waals surface area contributed by atoms with Crippen molar-refractivity contribution in [1.82, 2.24) is 4.90 Å². The standard InChI is InChI=1S/C13H20N2O/c1-4-5-13(14)15(2)10-11-6-8-12(16-3)9-7-11/h6-9,14H,4-5,10H2,1-3H3. The molecular weight excluding hydrogens is 200 g/mol. The minimum Gasteiger partial charge on any atom is -0.497 e. The molecule has 0 fully saturated rings. The summed E-state index contributed by atoms with van der Waals surface area (Å²) in [5.41, 5.74) is 1.20. The van der Waals surface area contributed by atoms with Gasteiger partial charge in [0.05, 0.1) is 12.9 Å². The monoisotopic (exact) mass is 220 g/mol. The van der Waals surface area contributed by atoms with Gasteiger partial charge in [-0.2, -0.15) is 0 Å². The molecule has 3 heteroatoms. The Morgan fingerprint density at radius 3 is 2.44 bits per heavy atom. The van der Waals surface area contributed by atoms with Crippen LogP contribution < -0.4 is 4.74 Å². The van der Waals surface area contributed by atoms with Gasteiger partial charge in [-0.3, -0.25) is 5.41 Å². The number of amidine groups is 1. The zero-order valence-electron chi connectivity index (χ0n) is 10.3. The first kappa shape index (κ1) is 12.6. The van der Waals surface area contributed by atoms with Crippen LogP contribution >= 0.6 is 0 Å². The van der Waals surface area contributed by atoms with E-state index >= 15 is 0 Å². The Morgan fingerprint density at radius 2 is 1.94 bits per heavy atom. The molecule has 0 saturated carbocycles. The largest absolute Gasteiger partial charge is 0.497 e.